The number of methoxy groups -OCH3 is 3. The molecule has 3 nitrogen and oxygen atoms in total. The Morgan fingerprint density at radius 3 is 2.05 bits per heavy atom. The molecule has 21 heavy (non-hydrogen) atoms. The van der Waals surface area contributed by atoms with E-state index in [4.69, 9.17) is 14.2 Å². The van der Waals surface area contributed by atoms with Crippen molar-refractivity contribution in [3.63, 3.8) is 0 Å². The van der Waals surface area contributed by atoms with Crippen LogP contribution in [-0.2, 0) is 0 Å². The standard InChI is InChI=1S/C17H19BrO3/c1-11-5-7-14(19-2)13(9-11)17(18)12-6-8-15(20-3)16(10-12)21-4/h5-10,17H,1-4H3. The highest BCUT2D eigenvalue weighted by Gasteiger charge is 2.17. The lowest BCUT2D eigenvalue weighted by atomic mass is 10.0. The fourth-order valence-electron chi connectivity index (χ4n) is 2.24. The summed E-state index contributed by atoms with van der Waals surface area (Å²) in [4.78, 5) is 0.0205. The van der Waals surface area contributed by atoms with Crippen LogP contribution in [0.15, 0.2) is 36.4 Å². The zero-order valence-corrected chi connectivity index (χ0v) is 14.2. The van der Waals surface area contributed by atoms with Crippen LogP contribution in [-0.4, -0.2) is 21.3 Å². The van der Waals surface area contributed by atoms with Gasteiger partial charge in [-0.15, -0.1) is 0 Å². The Hall–Kier alpha value is -1.68. The Kier molecular flexibility index (Phi) is 5.12. The maximum Gasteiger partial charge on any atom is 0.161 e. The fourth-order valence-corrected chi connectivity index (χ4v) is 2.88. The van der Waals surface area contributed by atoms with E-state index in [-0.39, 0.29) is 4.83 Å². The van der Waals surface area contributed by atoms with Gasteiger partial charge in [-0.25, -0.2) is 0 Å². The zero-order chi connectivity index (χ0) is 15.4. The predicted octanol–water partition coefficient (Wildman–Crippen LogP) is 4.51. The summed E-state index contributed by atoms with van der Waals surface area (Å²) in [6.45, 7) is 2.07. The van der Waals surface area contributed by atoms with Crippen LogP contribution in [0.1, 0.15) is 21.5 Å². The van der Waals surface area contributed by atoms with Crippen LogP contribution < -0.4 is 14.2 Å². The first kappa shape index (κ1) is 15.7. The van der Waals surface area contributed by atoms with Gasteiger partial charge in [0.25, 0.3) is 0 Å². The molecular weight excluding hydrogens is 332 g/mol. The molecule has 0 aliphatic heterocycles. The maximum absolute atomic E-state index is 5.46. The molecule has 2 aromatic carbocycles. The molecule has 0 aliphatic rings. The van der Waals surface area contributed by atoms with Gasteiger partial charge in [-0.05, 0) is 30.7 Å². The lowest BCUT2D eigenvalue weighted by molar-refractivity contribution is 0.354. The van der Waals surface area contributed by atoms with Crippen molar-refractivity contribution >= 4 is 15.9 Å². The first-order valence-corrected chi connectivity index (χ1v) is 7.52. The maximum atomic E-state index is 5.46. The Labute approximate surface area is 134 Å². The van der Waals surface area contributed by atoms with E-state index in [0.717, 1.165) is 22.6 Å². The second kappa shape index (κ2) is 6.85. The fraction of sp³-hybridized carbons (Fsp3) is 0.294. The van der Waals surface area contributed by atoms with Gasteiger partial charge in [0.05, 0.1) is 26.2 Å². The van der Waals surface area contributed by atoms with Gasteiger partial charge in [-0.1, -0.05) is 39.7 Å². The van der Waals surface area contributed by atoms with Gasteiger partial charge in [0.1, 0.15) is 5.75 Å². The van der Waals surface area contributed by atoms with Crippen molar-refractivity contribution < 1.29 is 14.2 Å². The average Bonchev–Trinajstić information content (AvgIpc) is 2.53. The van der Waals surface area contributed by atoms with Gasteiger partial charge < -0.3 is 14.2 Å². The van der Waals surface area contributed by atoms with E-state index in [1.807, 2.05) is 30.3 Å². The van der Waals surface area contributed by atoms with Crippen LogP contribution in [0.5, 0.6) is 17.2 Å². The summed E-state index contributed by atoms with van der Waals surface area (Å²) in [6.07, 6.45) is 0. The summed E-state index contributed by atoms with van der Waals surface area (Å²) < 4.78 is 16.1. The van der Waals surface area contributed by atoms with Crippen LogP contribution in [0.4, 0.5) is 0 Å². The topological polar surface area (TPSA) is 27.7 Å². The van der Waals surface area contributed by atoms with Crippen LogP contribution in [0.2, 0.25) is 0 Å². The third-order valence-electron chi connectivity index (χ3n) is 3.36. The minimum Gasteiger partial charge on any atom is -0.496 e. The number of alkyl halides is 1. The smallest absolute Gasteiger partial charge is 0.161 e. The van der Waals surface area contributed by atoms with E-state index in [1.54, 1.807) is 21.3 Å². The van der Waals surface area contributed by atoms with Crippen molar-refractivity contribution in [2.45, 2.75) is 11.8 Å². The highest BCUT2D eigenvalue weighted by atomic mass is 79.9. The number of aryl methyl sites for hydroxylation is 1. The van der Waals surface area contributed by atoms with Crippen LogP contribution in [0.25, 0.3) is 0 Å². The Morgan fingerprint density at radius 2 is 1.43 bits per heavy atom. The van der Waals surface area contributed by atoms with E-state index >= 15 is 0 Å². The van der Waals surface area contributed by atoms with E-state index in [0.29, 0.717) is 5.75 Å². The Balaban J connectivity index is 2.44. The molecule has 0 radical (unpaired) electrons. The molecule has 1 unspecified atom stereocenters. The van der Waals surface area contributed by atoms with Crippen molar-refractivity contribution in [3.05, 3.63) is 53.1 Å². The summed E-state index contributed by atoms with van der Waals surface area (Å²) in [5, 5.41) is 0. The number of ether oxygens (including phenoxy) is 3. The van der Waals surface area contributed by atoms with Gasteiger partial charge in [0.15, 0.2) is 11.5 Å². The molecule has 0 N–H and O–H groups in total. The van der Waals surface area contributed by atoms with Crippen molar-refractivity contribution in [2.75, 3.05) is 21.3 Å². The second-order valence-electron chi connectivity index (χ2n) is 4.72. The normalized spacial score (nSPS) is 11.9. The molecule has 0 bridgehead atoms. The van der Waals surface area contributed by atoms with Gasteiger partial charge in [-0.2, -0.15) is 0 Å². The molecule has 0 heterocycles. The van der Waals surface area contributed by atoms with E-state index in [2.05, 4.69) is 28.9 Å². The SMILES string of the molecule is COc1ccc(C(Br)c2cc(C)ccc2OC)cc1OC. The Morgan fingerprint density at radius 1 is 0.810 bits per heavy atom. The first-order valence-electron chi connectivity index (χ1n) is 6.61. The van der Waals surface area contributed by atoms with Crippen molar-refractivity contribution in [1.29, 1.82) is 0 Å². The molecule has 0 aliphatic carbocycles. The van der Waals surface area contributed by atoms with Gasteiger partial charge in [0.2, 0.25) is 0 Å². The molecule has 4 heteroatoms. The molecule has 1 atom stereocenters. The summed E-state index contributed by atoms with van der Waals surface area (Å²) in [6, 6.07) is 12.0. The minimum atomic E-state index is 0.0205. The van der Waals surface area contributed by atoms with Crippen molar-refractivity contribution in [1.82, 2.24) is 0 Å². The number of hydrogen-bond donors (Lipinski definition) is 0. The van der Waals surface area contributed by atoms with E-state index in [9.17, 15) is 0 Å². The number of benzene rings is 2. The quantitative estimate of drug-likeness (QED) is 0.742. The van der Waals surface area contributed by atoms with Gasteiger partial charge >= 0.3 is 0 Å². The summed E-state index contributed by atoms with van der Waals surface area (Å²) in [5.74, 6) is 2.29. The number of hydrogen-bond acceptors (Lipinski definition) is 3. The van der Waals surface area contributed by atoms with Crippen molar-refractivity contribution in [2.24, 2.45) is 0 Å². The molecule has 0 spiro atoms. The third kappa shape index (κ3) is 3.32. The molecule has 2 rings (SSSR count). The molecule has 0 saturated heterocycles. The van der Waals surface area contributed by atoms with Crippen LogP contribution in [0.3, 0.4) is 0 Å². The monoisotopic (exact) mass is 350 g/mol. The summed E-state index contributed by atoms with van der Waals surface area (Å²) in [7, 11) is 4.95. The number of halogens is 1. The predicted molar refractivity (Wildman–Crippen MR) is 88.0 cm³/mol. The zero-order valence-electron chi connectivity index (χ0n) is 12.6. The summed E-state index contributed by atoms with van der Waals surface area (Å²) in [5.41, 5.74) is 3.36. The highest BCUT2D eigenvalue weighted by Crippen LogP contribution is 2.40. The second-order valence-corrected chi connectivity index (χ2v) is 5.64. The van der Waals surface area contributed by atoms with E-state index < -0.39 is 0 Å². The molecule has 0 aromatic heterocycles. The third-order valence-corrected chi connectivity index (χ3v) is 4.38. The molecular formula is C17H19BrO3. The Bertz CT molecular complexity index is 625. The molecule has 2 aromatic rings. The molecule has 0 amide bonds. The largest absolute Gasteiger partial charge is 0.496 e. The lowest BCUT2D eigenvalue weighted by Crippen LogP contribution is -1.99. The van der Waals surface area contributed by atoms with Gasteiger partial charge in [-0.3, -0.25) is 0 Å². The number of rotatable bonds is 5. The van der Waals surface area contributed by atoms with Gasteiger partial charge in [0, 0.05) is 5.56 Å². The highest BCUT2D eigenvalue weighted by molar-refractivity contribution is 9.09. The van der Waals surface area contributed by atoms with Crippen LogP contribution >= 0.6 is 15.9 Å². The van der Waals surface area contributed by atoms with Crippen LogP contribution in [0, 0.1) is 6.92 Å². The lowest BCUT2D eigenvalue weighted by Gasteiger charge is -2.17. The molecule has 112 valence electrons. The molecule has 0 fully saturated rings. The molecule has 0 saturated carbocycles. The summed E-state index contributed by atoms with van der Waals surface area (Å²) >= 11 is 3.75. The van der Waals surface area contributed by atoms with E-state index in [1.165, 1.54) is 5.56 Å². The van der Waals surface area contributed by atoms with Crippen molar-refractivity contribution in [3.8, 4) is 17.2 Å². The first-order chi connectivity index (χ1) is 10.1. The average molecular weight is 351 g/mol. The minimum absolute atomic E-state index is 0.0205.